The highest BCUT2D eigenvalue weighted by molar-refractivity contribution is 5.95. The lowest BCUT2D eigenvalue weighted by Gasteiger charge is -2.15. The number of rotatable bonds is 5. The summed E-state index contributed by atoms with van der Waals surface area (Å²) in [7, 11) is 0. The third-order valence-electron chi connectivity index (χ3n) is 3.55. The zero-order valence-corrected chi connectivity index (χ0v) is 13.0. The Morgan fingerprint density at radius 1 is 1.22 bits per heavy atom. The Kier molecular flexibility index (Phi) is 5.91. The summed E-state index contributed by atoms with van der Waals surface area (Å²) in [6, 6.07) is 8.48. The first-order valence-corrected chi connectivity index (χ1v) is 7.57. The molecule has 1 aromatic carbocycles. The van der Waals surface area contributed by atoms with E-state index < -0.39 is 23.9 Å². The number of ether oxygens (including phenoxy) is 1. The zero-order valence-electron chi connectivity index (χ0n) is 13.0. The predicted octanol–water partition coefficient (Wildman–Crippen LogP) is 1.74. The molecule has 2 atom stereocenters. The van der Waals surface area contributed by atoms with Gasteiger partial charge in [-0.15, -0.1) is 0 Å². The van der Waals surface area contributed by atoms with Crippen LogP contribution < -0.4 is 10.9 Å². The highest BCUT2D eigenvalue weighted by Gasteiger charge is 2.21. The van der Waals surface area contributed by atoms with Crippen LogP contribution in [-0.4, -0.2) is 23.9 Å². The fourth-order valence-electron chi connectivity index (χ4n) is 2.26. The molecule has 23 heavy (non-hydrogen) atoms. The Labute approximate surface area is 134 Å². The van der Waals surface area contributed by atoms with Gasteiger partial charge in [0.25, 0.3) is 11.8 Å². The fraction of sp³-hybridized carbons (Fsp3) is 0.353. The number of carbonyl (C=O) groups is 3. The second-order valence-corrected chi connectivity index (χ2v) is 5.41. The van der Waals surface area contributed by atoms with Crippen LogP contribution in [0, 0.1) is 5.92 Å². The second kappa shape index (κ2) is 8.12. The summed E-state index contributed by atoms with van der Waals surface area (Å²) in [4.78, 5) is 35.4. The van der Waals surface area contributed by atoms with Crippen LogP contribution in [-0.2, 0) is 14.3 Å². The highest BCUT2D eigenvalue weighted by atomic mass is 16.5. The number of benzene rings is 1. The molecule has 0 bridgehead atoms. The first-order valence-electron chi connectivity index (χ1n) is 7.57. The Morgan fingerprint density at radius 3 is 2.61 bits per heavy atom. The van der Waals surface area contributed by atoms with E-state index in [2.05, 4.69) is 10.9 Å². The molecule has 2 amide bonds. The van der Waals surface area contributed by atoms with Crippen LogP contribution >= 0.6 is 0 Å². The molecule has 0 fully saturated rings. The van der Waals surface area contributed by atoms with Crippen molar-refractivity contribution in [3.63, 3.8) is 0 Å². The van der Waals surface area contributed by atoms with Gasteiger partial charge in [0.2, 0.25) is 0 Å². The van der Waals surface area contributed by atoms with Gasteiger partial charge < -0.3 is 4.74 Å². The Hall–Kier alpha value is -2.63. The monoisotopic (exact) mass is 316 g/mol. The van der Waals surface area contributed by atoms with Gasteiger partial charge in [-0.1, -0.05) is 30.4 Å². The molecule has 6 heteroatoms. The van der Waals surface area contributed by atoms with Crippen molar-refractivity contribution in [2.45, 2.75) is 32.3 Å². The largest absolute Gasteiger partial charge is 0.452 e. The number of hydrazine groups is 1. The molecule has 0 aromatic heterocycles. The number of hydrogen-bond donors (Lipinski definition) is 2. The Bertz CT molecular complexity index is 598. The third-order valence-corrected chi connectivity index (χ3v) is 3.55. The Balaban J connectivity index is 1.73. The predicted molar refractivity (Wildman–Crippen MR) is 84.1 cm³/mol. The van der Waals surface area contributed by atoms with Crippen molar-refractivity contribution in [3.05, 3.63) is 48.0 Å². The van der Waals surface area contributed by atoms with E-state index >= 15 is 0 Å². The topological polar surface area (TPSA) is 84.5 Å². The van der Waals surface area contributed by atoms with E-state index in [4.69, 9.17) is 4.74 Å². The minimum absolute atomic E-state index is 0.190. The number of carbonyl (C=O) groups excluding carboxylic acids is 3. The van der Waals surface area contributed by atoms with E-state index in [9.17, 15) is 14.4 Å². The summed E-state index contributed by atoms with van der Waals surface area (Å²) in [5, 5.41) is 0. The van der Waals surface area contributed by atoms with Gasteiger partial charge >= 0.3 is 5.97 Å². The SMILES string of the molecule is C[C@H](OC(=O)C[C@@H]1C=CCC1)C(=O)NNC(=O)c1ccccc1. The molecular formula is C17H20N2O4. The van der Waals surface area contributed by atoms with E-state index in [0.29, 0.717) is 5.56 Å². The number of esters is 1. The van der Waals surface area contributed by atoms with E-state index in [0.717, 1.165) is 12.8 Å². The molecule has 0 heterocycles. The molecule has 2 N–H and O–H groups in total. The molecule has 1 aromatic rings. The highest BCUT2D eigenvalue weighted by Crippen LogP contribution is 2.20. The van der Waals surface area contributed by atoms with Gasteiger partial charge in [0.05, 0.1) is 6.42 Å². The second-order valence-electron chi connectivity index (χ2n) is 5.41. The van der Waals surface area contributed by atoms with Gasteiger partial charge in [-0.05, 0) is 37.8 Å². The van der Waals surface area contributed by atoms with Gasteiger partial charge in [-0.2, -0.15) is 0 Å². The lowest BCUT2D eigenvalue weighted by Crippen LogP contribution is -2.46. The maximum Gasteiger partial charge on any atom is 0.307 e. The van der Waals surface area contributed by atoms with Gasteiger partial charge in [0.1, 0.15) is 0 Å². The maximum atomic E-state index is 11.8. The van der Waals surface area contributed by atoms with Crippen molar-refractivity contribution in [3.8, 4) is 0 Å². The normalized spacial score (nSPS) is 17.3. The molecule has 1 aliphatic carbocycles. The zero-order chi connectivity index (χ0) is 16.7. The average molecular weight is 316 g/mol. The first kappa shape index (κ1) is 16.7. The van der Waals surface area contributed by atoms with Crippen LogP contribution in [0.3, 0.4) is 0 Å². The minimum Gasteiger partial charge on any atom is -0.452 e. The Morgan fingerprint density at radius 2 is 1.96 bits per heavy atom. The summed E-state index contributed by atoms with van der Waals surface area (Å²) >= 11 is 0. The summed E-state index contributed by atoms with van der Waals surface area (Å²) < 4.78 is 5.08. The molecule has 0 spiro atoms. The molecule has 1 aliphatic rings. The van der Waals surface area contributed by atoms with Crippen molar-refractivity contribution in [2.24, 2.45) is 5.92 Å². The molecule has 0 saturated carbocycles. The molecular weight excluding hydrogens is 296 g/mol. The van der Waals surface area contributed by atoms with Crippen LogP contribution in [0.1, 0.15) is 36.5 Å². The number of allylic oxidation sites excluding steroid dienone is 2. The van der Waals surface area contributed by atoms with Gasteiger partial charge in [-0.25, -0.2) is 0 Å². The van der Waals surface area contributed by atoms with Crippen molar-refractivity contribution in [2.75, 3.05) is 0 Å². The van der Waals surface area contributed by atoms with Crippen molar-refractivity contribution in [1.82, 2.24) is 10.9 Å². The van der Waals surface area contributed by atoms with Crippen LogP contribution in [0.5, 0.6) is 0 Å². The van der Waals surface area contributed by atoms with Crippen molar-refractivity contribution < 1.29 is 19.1 Å². The molecule has 0 aliphatic heterocycles. The van der Waals surface area contributed by atoms with E-state index in [1.165, 1.54) is 6.92 Å². The summed E-state index contributed by atoms with van der Waals surface area (Å²) in [6.45, 7) is 1.46. The van der Waals surface area contributed by atoms with Gasteiger partial charge in [-0.3, -0.25) is 25.2 Å². The summed E-state index contributed by atoms with van der Waals surface area (Å²) in [6.07, 6.45) is 5.23. The van der Waals surface area contributed by atoms with E-state index in [1.807, 2.05) is 12.2 Å². The molecule has 0 saturated heterocycles. The molecule has 122 valence electrons. The number of nitrogens with one attached hydrogen (secondary N) is 2. The maximum absolute atomic E-state index is 11.8. The lowest BCUT2D eigenvalue weighted by molar-refractivity contribution is -0.155. The third kappa shape index (κ3) is 5.25. The van der Waals surface area contributed by atoms with E-state index in [1.54, 1.807) is 30.3 Å². The molecule has 0 radical (unpaired) electrons. The molecule has 6 nitrogen and oxygen atoms in total. The summed E-state index contributed by atoms with van der Waals surface area (Å²) in [5.74, 6) is -1.24. The van der Waals surface area contributed by atoms with Gasteiger partial charge in [0.15, 0.2) is 6.10 Å². The molecule has 2 rings (SSSR count). The first-order chi connectivity index (χ1) is 11.1. The van der Waals surface area contributed by atoms with Crippen LogP contribution in [0.4, 0.5) is 0 Å². The van der Waals surface area contributed by atoms with Crippen molar-refractivity contribution >= 4 is 17.8 Å². The van der Waals surface area contributed by atoms with Crippen LogP contribution in [0.2, 0.25) is 0 Å². The standard InChI is InChI=1S/C17H20N2O4/c1-12(23-15(20)11-13-7-5-6-8-13)16(21)18-19-17(22)14-9-3-2-4-10-14/h2-5,7,9-10,12-13H,6,8,11H2,1H3,(H,18,21)(H,19,22)/t12-,13+/m0/s1. The van der Waals surface area contributed by atoms with E-state index in [-0.39, 0.29) is 12.3 Å². The van der Waals surface area contributed by atoms with Crippen LogP contribution in [0.25, 0.3) is 0 Å². The van der Waals surface area contributed by atoms with Crippen LogP contribution in [0.15, 0.2) is 42.5 Å². The lowest BCUT2D eigenvalue weighted by atomic mass is 10.1. The van der Waals surface area contributed by atoms with Gasteiger partial charge in [0, 0.05) is 5.56 Å². The minimum atomic E-state index is -0.969. The summed E-state index contributed by atoms with van der Waals surface area (Å²) in [5.41, 5.74) is 4.96. The smallest absolute Gasteiger partial charge is 0.307 e. The number of hydrogen-bond acceptors (Lipinski definition) is 4. The van der Waals surface area contributed by atoms with Crippen molar-refractivity contribution in [1.29, 1.82) is 0 Å². The fourth-order valence-corrected chi connectivity index (χ4v) is 2.26. The molecule has 0 unspecified atom stereocenters. The quantitative estimate of drug-likeness (QED) is 0.492. The average Bonchev–Trinajstić information content (AvgIpc) is 3.05. The number of amides is 2.